The number of amides is 1. The lowest BCUT2D eigenvalue weighted by molar-refractivity contribution is -0.121. The van der Waals surface area contributed by atoms with E-state index in [1.807, 2.05) is 6.92 Å². The van der Waals surface area contributed by atoms with Gasteiger partial charge in [0.15, 0.2) is 5.78 Å². The monoisotopic (exact) mass is 268 g/mol. The molecule has 1 aromatic carbocycles. The summed E-state index contributed by atoms with van der Waals surface area (Å²) in [6, 6.07) is 6.91. The Morgan fingerprint density at radius 1 is 1.28 bits per heavy atom. The first-order valence-corrected chi connectivity index (χ1v) is 6.15. The maximum Gasteiger partial charge on any atom is 0.234 e. The molecule has 0 radical (unpaired) electrons. The number of Topliss-reactive ketones (excluding diaryl/α,β-unsaturated/α-hetero) is 1. The van der Waals surface area contributed by atoms with Crippen LogP contribution in [0.1, 0.15) is 17.3 Å². The second-order valence-electron chi connectivity index (χ2n) is 4.03. The molecule has 0 atom stereocenters. The minimum atomic E-state index is -0.0908. The fourth-order valence-electron chi connectivity index (χ4n) is 1.57. The third-order valence-corrected chi connectivity index (χ3v) is 2.70. The molecule has 0 heterocycles. The highest BCUT2D eigenvalue weighted by atomic mass is 35.5. The third kappa shape index (κ3) is 4.47. The van der Waals surface area contributed by atoms with E-state index in [0.29, 0.717) is 17.1 Å². The summed E-state index contributed by atoms with van der Waals surface area (Å²) >= 11 is 5.94. The summed E-state index contributed by atoms with van der Waals surface area (Å²) < 4.78 is 0. The van der Waals surface area contributed by atoms with Crippen molar-refractivity contribution < 1.29 is 9.59 Å². The fraction of sp³-hybridized carbons (Fsp3) is 0.385. The summed E-state index contributed by atoms with van der Waals surface area (Å²) in [6.45, 7) is 2.81. The number of likely N-dealkylation sites (N-methyl/N-ethyl adjacent to an activating group) is 2. The van der Waals surface area contributed by atoms with Crippen LogP contribution < -0.4 is 5.32 Å². The Balaban J connectivity index is 2.55. The maximum absolute atomic E-state index is 12.0. The predicted octanol–water partition coefficient (Wildman–Crippen LogP) is 1.59. The highest BCUT2D eigenvalue weighted by Crippen LogP contribution is 2.15. The molecule has 98 valence electrons. The van der Waals surface area contributed by atoms with E-state index in [0.717, 1.165) is 0 Å². The van der Waals surface area contributed by atoms with Crippen molar-refractivity contribution in [2.24, 2.45) is 0 Å². The smallest absolute Gasteiger partial charge is 0.234 e. The van der Waals surface area contributed by atoms with Gasteiger partial charge in [-0.25, -0.2) is 0 Å². The van der Waals surface area contributed by atoms with E-state index in [-0.39, 0.29) is 24.8 Å². The summed E-state index contributed by atoms with van der Waals surface area (Å²) in [5.74, 6) is -0.181. The molecule has 0 aliphatic heterocycles. The summed E-state index contributed by atoms with van der Waals surface area (Å²) in [4.78, 5) is 25.0. The van der Waals surface area contributed by atoms with E-state index in [1.165, 1.54) is 0 Å². The van der Waals surface area contributed by atoms with Crippen molar-refractivity contribution in [2.75, 3.05) is 26.7 Å². The predicted molar refractivity (Wildman–Crippen MR) is 72.0 cm³/mol. The van der Waals surface area contributed by atoms with Crippen LogP contribution in [-0.2, 0) is 4.79 Å². The molecule has 0 aromatic heterocycles. The molecule has 1 amide bonds. The van der Waals surface area contributed by atoms with E-state index in [1.54, 1.807) is 36.2 Å². The number of ketones is 1. The van der Waals surface area contributed by atoms with Gasteiger partial charge in [-0.1, -0.05) is 23.7 Å². The molecule has 0 aliphatic rings. The van der Waals surface area contributed by atoms with E-state index < -0.39 is 0 Å². The zero-order valence-electron chi connectivity index (χ0n) is 10.6. The number of nitrogens with one attached hydrogen (secondary N) is 1. The number of nitrogens with zero attached hydrogens (tertiary/aromatic N) is 1. The molecule has 0 bridgehead atoms. The Hall–Kier alpha value is -1.39. The van der Waals surface area contributed by atoms with Gasteiger partial charge in [-0.2, -0.15) is 0 Å². The molecule has 0 saturated carbocycles. The number of halogens is 1. The number of hydrogen-bond donors (Lipinski definition) is 1. The van der Waals surface area contributed by atoms with Crippen LogP contribution in [0.4, 0.5) is 0 Å². The molecule has 1 rings (SSSR count). The summed E-state index contributed by atoms with van der Waals surface area (Å²) in [5, 5.41) is 3.12. The van der Waals surface area contributed by atoms with Crippen molar-refractivity contribution in [3.63, 3.8) is 0 Å². The van der Waals surface area contributed by atoms with Crippen molar-refractivity contribution in [1.29, 1.82) is 0 Å². The van der Waals surface area contributed by atoms with E-state index in [2.05, 4.69) is 5.32 Å². The highest BCUT2D eigenvalue weighted by Gasteiger charge is 2.13. The molecule has 0 spiro atoms. The number of rotatable bonds is 6. The zero-order valence-corrected chi connectivity index (χ0v) is 11.3. The molecular formula is C13H17ClN2O2. The topological polar surface area (TPSA) is 49.4 Å². The third-order valence-electron chi connectivity index (χ3n) is 2.38. The van der Waals surface area contributed by atoms with Gasteiger partial charge in [-0.05, 0) is 26.1 Å². The number of carbonyl (C=O) groups excluding carboxylic acids is 2. The molecule has 1 aromatic rings. The molecule has 1 N–H and O–H groups in total. The lowest BCUT2D eigenvalue weighted by atomic mass is 10.1. The molecule has 0 fully saturated rings. The van der Waals surface area contributed by atoms with Gasteiger partial charge in [0.2, 0.25) is 5.91 Å². The average molecular weight is 269 g/mol. The highest BCUT2D eigenvalue weighted by molar-refractivity contribution is 6.34. The quantitative estimate of drug-likeness (QED) is 0.797. The van der Waals surface area contributed by atoms with Crippen LogP contribution in [0.25, 0.3) is 0 Å². The van der Waals surface area contributed by atoms with Gasteiger partial charge in [0.1, 0.15) is 0 Å². The van der Waals surface area contributed by atoms with Crippen LogP contribution in [0.3, 0.4) is 0 Å². The molecule has 4 nitrogen and oxygen atoms in total. The Morgan fingerprint density at radius 2 is 1.94 bits per heavy atom. The molecular weight excluding hydrogens is 252 g/mol. The fourth-order valence-corrected chi connectivity index (χ4v) is 1.81. The molecule has 18 heavy (non-hydrogen) atoms. The van der Waals surface area contributed by atoms with Crippen molar-refractivity contribution >= 4 is 23.3 Å². The first kappa shape index (κ1) is 14.7. The van der Waals surface area contributed by atoms with Gasteiger partial charge in [-0.15, -0.1) is 0 Å². The van der Waals surface area contributed by atoms with Crippen LogP contribution in [0.15, 0.2) is 24.3 Å². The van der Waals surface area contributed by atoms with Crippen LogP contribution >= 0.6 is 11.6 Å². The molecule has 0 aliphatic carbocycles. The largest absolute Gasteiger partial charge is 0.355 e. The Bertz CT molecular complexity index is 435. The normalized spacial score (nSPS) is 10.4. The van der Waals surface area contributed by atoms with E-state index in [9.17, 15) is 9.59 Å². The van der Waals surface area contributed by atoms with Gasteiger partial charge < -0.3 is 5.32 Å². The number of hydrogen-bond acceptors (Lipinski definition) is 3. The average Bonchev–Trinajstić information content (AvgIpc) is 2.29. The second kappa shape index (κ2) is 7.13. The molecule has 0 unspecified atom stereocenters. The van der Waals surface area contributed by atoms with Crippen molar-refractivity contribution in [2.45, 2.75) is 6.92 Å². The van der Waals surface area contributed by atoms with Crippen molar-refractivity contribution in [1.82, 2.24) is 10.2 Å². The second-order valence-corrected chi connectivity index (χ2v) is 4.44. The number of carbonyl (C=O) groups is 2. The standard InChI is InChI=1S/C13H17ClN2O2/c1-3-15-13(18)9-16(2)8-12(17)10-6-4-5-7-11(10)14/h4-7H,3,8-9H2,1-2H3,(H,15,18). The Kier molecular flexibility index (Phi) is 5.82. The number of benzene rings is 1. The van der Waals surface area contributed by atoms with E-state index in [4.69, 9.17) is 11.6 Å². The minimum absolute atomic E-state index is 0.0904. The lowest BCUT2D eigenvalue weighted by Gasteiger charge is -2.15. The van der Waals surface area contributed by atoms with Crippen LogP contribution in [-0.4, -0.2) is 43.3 Å². The van der Waals surface area contributed by atoms with E-state index >= 15 is 0 Å². The SMILES string of the molecule is CCNC(=O)CN(C)CC(=O)c1ccccc1Cl. The van der Waals surface area contributed by atoms with Crippen LogP contribution in [0.2, 0.25) is 5.02 Å². The van der Waals surface area contributed by atoms with Crippen LogP contribution in [0, 0.1) is 0 Å². The van der Waals surface area contributed by atoms with Crippen LogP contribution in [0.5, 0.6) is 0 Å². The summed E-state index contributed by atoms with van der Waals surface area (Å²) in [5.41, 5.74) is 0.488. The Morgan fingerprint density at radius 3 is 2.56 bits per heavy atom. The maximum atomic E-state index is 12.0. The van der Waals surface area contributed by atoms with Gasteiger partial charge >= 0.3 is 0 Å². The summed E-state index contributed by atoms with van der Waals surface area (Å²) in [7, 11) is 1.73. The van der Waals surface area contributed by atoms with Crippen molar-refractivity contribution in [3.05, 3.63) is 34.9 Å². The summed E-state index contributed by atoms with van der Waals surface area (Å²) in [6.07, 6.45) is 0. The van der Waals surface area contributed by atoms with Gasteiger partial charge in [0.05, 0.1) is 18.1 Å². The first-order chi connectivity index (χ1) is 8.54. The first-order valence-electron chi connectivity index (χ1n) is 5.77. The van der Waals surface area contributed by atoms with Gasteiger partial charge in [0.25, 0.3) is 0 Å². The molecule has 5 heteroatoms. The van der Waals surface area contributed by atoms with Gasteiger partial charge in [0, 0.05) is 12.1 Å². The van der Waals surface area contributed by atoms with Crippen molar-refractivity contribution in [3.8, 4) is 0 Å². The van der Waals surface area contributed by atoms with Gasteiger partial charge in [-0.3, -0.25) is 14.5 Å². The molecule has 0 saturated heterocycles. The minimum Gasteiger partial charge on any atom is -0.355 e. The zero-order chi connectivity index (χ0) is 13.5. The lowest BCUT2D eigenvalue weighted by Crippen LogP contribution is -2.37. The Labute approximate surface area is 112 Å².